The molecule has 1 aromatic rings. The van der Waals surface area contributed by atoms with Gasteiger partial charge in [-0.2, -0.15) is 4.98 Å². The molecule has 0 aliphatic carbocycles. The Morgan fingerprint density at radius 2 is 2.05 bits per heavy atom. The fraction of sp³-hybridized carbons (Fsp3) is 0.636. The van der Waals surface area contributed by atoms with Crippen molar-refractivity contribution in [1.29, 1.82) is 0 Å². The monoisotopic (exact) mass is 289 g/mol. The number of Topliss-reactive ketones (excluding diaryl/α,β-unsaturated/α-hetero) is 1. The molecule has 0 spiro atoms. The lowest BCUT2D eigenvalue weighted by Crippen LogP contribution is -2.60. The van der Waals surface area contributed by atoms with Crippen LogP contribution >= 0.6 is 0 Å². The van der Waals surface area contributed by atoms with Crippen LogP contribution in [-0.4, -0.2) is 68.5 Å². The van der Waals surface area contributed by atoms with Crippen molar-refractivity contribution < 1.29 is 39.1 Å². The highest BCUT2D eigenvalue weighted by atomic mass is 16.7. The summed E-state index contributed by atoms with van der Waals surface area (Å²) < 4.78 is 15.1. The summed E-state index contributed by atoms with van der Waals surface area (Å²) in [6.45, 7) is 0.702. The standard InChI is InChI=1S/C11H15NO8/c1-4(14)5-2-12-11(19-5)20-10-9(17)8(16)7(15)6(3-13)18-10/h2,6-10,13,15-17H,3H2,1H3. The van der Waals surface area contributed by atoms with Crippen LogP contribution in [0.3, 0.4) is 0 Å². The van der Waals surface area contributed by atoms with E-state index in [4.69, 9.17) is 19.0 Å². The SMILES string of the molecule is CC(=O)c1cnc(OC2OC(CO)C(O)C(O)C2O)o1. The third kappa shape index (κ3) is 2.81. The van der Waals surface area contributed by atoms with Gasteiger partial charge in [-0.05, 0) is 0 Å². The van der Waals surface area contributed by atoms with Gasteiger partial charge in [0.15, 0.2) is 11.5 Å². The van der Waals surface area contributed by atoms with Gasteiger partial charge in [-0.25, -0.2) is 0 Å². The summed E-state index contributed by atoms with van der Waals surface area (Å²) in [6.07, 6.45) is -6.30. The van der Waals surface area contributed by atoms with E-state index in [0.29, 0.717) is 0 Å². The third-order valence-electron chi connectivity index (χ3n) is 2.90. The Bertz CT molecular complexity index is 473. The molecule has 0 radical (unpaired) electrons. The Morgan fingerprint density at radius 1 is 1.35 bits per heavy atom. The maximum Gasteiger partial charge on any atom is 0.396 e. The van der Waals surface area contributed by atoms with Crippen molar-refractivity contribution in [2.24, 2.45) is 0 Å². The first kappa shape index (κ1) is 14.9. The number of nitrogens with zero attached hydrogens (tertiary/aromatic N) is 1. The number of ether oxygens (including phenoxy) is 2. The average Bonchev–Trinajstić information content (AvgIpc) is 2.88. The molecular formula is C11H15NO8. The maximum absolute atomic E-state index is 11.0. The molecular weight excluding hydrogens is 274 g/mol. The highest BCUT2D eigenvalue weighted by Crippen LogP contribution is 2.24. The number of aromatic nitrogens is 1. The zero-order chi connectivity index (χ0) is 14.9. The van der Waals surface area contributed by atoms with Crippen molar-refractivity contribution >= 4 is 5.78 Å². The van der Waals surface area contributed by atoms with E-state index in [9.17, 15) is 20.1 Å². The minimum atomic E-state index is -1.57. The minimum absolute atomic E-state index is 0.0374. The van der Waals surface area contributed by atoms with Crippen LogP contribution in [0.4, 0.5) is 0 Å². The molecule has 5 unspecified atom stereocenters. The molecule has 112 valence electrons. The lowest BCUT2D eigenvalue weighted by atomic mass is 9.99. The second kappa shape index (κ2) is 5.85. The van der Waals surface area contributed by atoms with Gasteiger partial charge in [0.2, 0.25) is 6.29 Å². The number of hydrogen-bond donors (Lipinski definition) is 4. The van der Waals surface area contributed by atoms with E-state index in [0.717, 1.165) is 6.20 Å². The number of rotatable bonds is 4. The van der Waals surface area contributed by atoms with Crippen LogP contribution in [0.5, 0.6) is 6.08 Å². The van der Waals surface area contributed by atoms with Crippen molar-refractivity contribution in [1.82, 2.24) is 4.98 Å². The van der Waals surface area contributed by atoms with E-state index >= 15 is 0 Å². The number of ketones is 1. The van der Waals surface area contributed by atoms with E-state index in [1.807, 2.05) is 0 Å². The normalized spacial score (nSPS) is 34.0. The van der Waals surface area contributed by atoms with Crippen molar-refractivity contribution in [3.05, 3.63) is 12.0 Å². The predicted octanol–water partition coefficient (Wildman–Crippen LogP) is -1.94. The van der Waals surface area contributed by atoms with Crippen LogP contribution in [0.2, 0.25) is 0 Å². The van der Waals surface area contributed by atoms with E-state index in [2.05, 4.69) is 4.98 Å². The molecule has 1 saturated heterocycles. The third-order valence-corrected chi connectivity index (χ3v) is 2.90. The van der Waals surface area contributed by atoms with Crippen molar-refractivity contribution in [2.45, 2.75) is 37.6 Å². The Kier molecular flexibility index (Phi) is 4.35. The summed E-state index contributed by atoms with van der Waals surface area (Å²) in [7, 11) is 0. The summed E-state index contributed by atoms with van der Waals surface area (Å²) in [5, 5.41) is 37.9. The maximum atomic E-state index is 11.0. The molecule has 2 rings (SSSR count). The molecule has 1 fully saturated rings. The number of aliphatic hydroxyl groups excluding tert-OH is 4. The summed E-state index contributed by atoms with van der Waals surface area (Å²) in [4.78, 5) is 14.7. The van der Waals surface area contributed by atoms with Gasteiger partial charge in [-0.3, -0.25) is 4.79 Å². The second-order valence-electron chi connectivity index (χ2n) is 4.36. The van der Waals surface area contributed by atoms with E-state index in [-0.39, 0.29) is 17.6 Å². The summed E-state index contributed by atoms with van der Waals surface area (Å²) >= 11 is 0. The highest BCUT2D eigenvalue weighted by Gasteiger charge is 2.45. The van der Waals surface area contributed by atoms with Gasteiger partial charge in [0.1, 0.15) is 24.4 Å². The number of carbonyl (C=O) groups is 1. The predicted molar refractivity (Wildman–Crippen MR) is 60.9 cm³/mol. The highest BCUT2D eigenvalue weighted by molar-refractivity contribution is 5.90. The molecule has 5 atom stereocenters. The molecule has 2 heterocycles. The quantitative estimate of drug-likeness (QED) is 0.465. The summed E-state index contributed by atoms with van der Waals surface area (Å²) in [6, 6.07) is 0. The Labute approximate surface area is 113 Å². The first-order valence-corrected chi connectivity index (χ1v) is 5.88. The number of carbonyl (C=O) groups excluding carboxylic acids is 1. The molecule has 0 amide bonds. The van der Waals surface area contributed by atoms with Gasteiger partial charge in [-0.15, -0.1) is 0 Å². The molecule has 4 N–H and O–H groups in total. The van der Waals surface area contributed by atoms with Crippen LogP contribution in [0.1, 0.15) is 17.5 Å². The minimum Gasteiger partial charge on any atom is -0.417 e. The summed E-state index contributed by atoms with van der Waals surface area (Å²) in [5.74, 6) is -0.397. The zero-order valence-corrected chi connectivity index (χ0v) is 10.5. The van der Waals surface area contributed by atoms with Gasteiger partial charge in [0, 0.05) is 6.92 Å². The van der Waals surface area contributed by atoms with Gasteiger partial charge in [-0.1, -0.05) is 0 Å². The van der Waals surface area contributed by atoms with Crippen LogP contribution in [0.15, 0.2) is 10.6 Å². The van der Waals surface area contributed by atoms with Crippen molar-refractivity contribution in [3.63, 3.8) is 0 Å². The first-order valence-electron chi connectivity index (χ1n) is 5.88. The van der Waals surface area contributed by atoms with E-state index < -0.39 is 37.3 Å². The molecule has 1 aliphatic heterocycles. The first-order chi connectivity index (χ1) is 9.43. The van der Waals surface area contributed by atoms with Gasteiger partial charge < -0.3 is 34.3 Å². The smallest absolute Gasteiger partial charge is 0.396 e. The summed E-state index contributed by atoms with van der Waals surface area (Å²) in [5.41, 5.74) is 0. The molecule has 1 aliphatic rings. The average molecular weight is 289 g/mol. The number of aliphatic hydroxyl groups is 4. The zero-order valence-electron chi connectivity index (χ0n) is 10.5. The fourth-order valence-corrected chi connectivity index (χ4v) is 1.74. The fourth-order valence-electron chi connectivity index (χ4n) is 1.74. The van der Waals surface area contributed by atoms with Crippen molar-refractivity contribution in [3.8, 4) is 6.08 Å². The largest absolute Gasteiger partial charge is 0.417 e. The molecule has 20 heavy (non-hydrogen) atoms. The Hall–Kier alpha value is -1.52. The van der Waals surface area contributed by atoms with E-state index in [1.54, 1.807) is 0 Å². The topological polar surface area (TPSA) is 142 Å². The number of hydrogen-bond acceptors (Lipinski definition) is 9. The van der Waals surface area contributed by atoms with Gasteiger partial charge in [0.25, 0.3) is 0 Å². The molecule has 9 nitrogen and oxygen atoms in total. The lowest BCUT2D eigenvalue weighted by Gasteiger charge is -2.38. The van der Waals surface area contributed by atoms with E-state index in [1.165, 1.54) is 6.92 Å². The lowest BCUT2D eigenvalue weighted by molar-refractivity contribution is -0.280. The Morgan fingerprint density at radius 3 is 2.60 bits per heavy atom. The van der Waals surface area contributed by atoms with Gasteiger partial charge >= 0.3 is 6.08 Å². The Balaban J connectivity index is 2.08. The number of oxazole rings is 1. The second-order valence-corrected chi connectivity index (χ2v) is 4.36. The van der Waals surface area contributed by atoms with Crippen LogP contribution in [0, 0.1) is 0 Å². The van der Waals surface area contributed by atoms with Crippen LogP contribution in [-0.2, 0) is 4.74 Å². The van der Waals surface area contributed by atoms with Crippen molar-refractivity contribution in [2.75, 3.05) is 6.61 Å². The molecule has 0 aromatic carbocycles. The van der Waals surface area contributed by atoms with Gasteiger partial charge in [0.05, 0.1) is 12.8 Å². The molecule has 0 saturated carbocycles. The molecule has 0 bridgehead atoms. The molecule has 9 heteroatoms. The van der Waals surface area contributed by atoms with Crippen LogP contribution in [0.25, 0.3) is 0 Å². The van der Waals surface area contributed by atoms with Crippen LogP contribution < -0.4 is 4.74 Å². The molecule has 1 aromatic heterocycles.